The van der Waals surface area contributed by atoms with Crippen LogP contribution in [0.2, 0.25) is 0 Å². The molecule has 8 nitrogen and oxygen atoms in total. The number of rotatable bonds is 6. The van der Waals surface area contributed by atoms with Crippen molar-refractivity contribution in [2.45, 2.75) is 83.5 Å². The van der Waals surface area contributed by atoms with Crippen molar-refractivity contribution in [2.75, 3.05) is 6.54 Å². The first-order valence-electron chi connectivity index (χ1n) is 8.96. The van der Waals surface area contributed by atoms with Gasteiger partial charge >= 0.3 is 12.1 Å². The Balaban J connectivity index is 2.36. The Morgan fingerprint density at radius 3 is 2.35 bits per heavy atom. The highest BCUT2D eigenvalue weighted by atomic mass is 16.6. The second-order valence-electron chi connectivity index (χ2n) is 7.55. The summed E-state index contributed by atoms with van der Waals surface area (Å²) in [7, 11) is 0. The highest BCUT2D eigenvalue weighted by Crippen LogP contribution is 2.27. The van der Waals surface area contributed by atoms with Gasteiger partial charge in [0.05, 0.1) is 12.5 Å². The third-order valence-electron chi connectivity index (χ3n) is 3.96. The zero-order valence-corrected chi connectivity index (χ0v) is 16.0. The van der Waals surface area contributed by atoms with Gasteiger partial charge < -0.3 is 20.1 Å². The van der Waals surface area contributed by atoms with E-state index in [4.69, 9.17) is 9.47 Å². The largest absolute Gasteiger partial charge is 0.452 e. The van der Waals surface area contributed by atoms with Crippen molar-refractivity contribution in [1.82, 2.24) is 10.6 Å². The molecule has 0 aromatic carbocycles. The smallest absolute Gasteiger partial charge is 0.407 e. The summed E-state index contributed by atoms with van der Waals surface area (Å²) in [6.07, 6.45) is 2.33. The summed E-state index contributed by atoms with van der Waals surface area (Å²) in [5.41, 5.74) is -1.48. The van der Waals surface area contributed by atoms with E-state index in [1.54, 1.807) is 20.8 Å². The Labute approximate surface area is 154 Å². The number of hydrogen-bond donors (Lipinski definition) is 2. The van der Waals surface area contributed by atoms with Gasteiger partial charge in [0, 0.05) is 6.54 Å². The monoisotopic (exact) mass is 367 g/mol. The van der Waals surface area contributed by atoms with E-state index in [9.17, 15) is 19.6 Å². The van der Waals surface area contributed by atoms with Gasteiger partial charge in [0.1, 0.15) is 11.1 Å². The van der Waals surface area contributed by atoms with Gasteiger partial charge in [-0.05, 0) is 40.5 Å². The van der Waals surface area contributed by atoms with Crippen LogP contribution in [-0.4, -0.2) is 41.8 Å². The van der Waals surface area contributed by atoms with E-state index in [2.05, 4.69) is 16.7 Å². The van der Waals surface area contributed by atoms with Gasteiger partial charge in [0.25, 0.3) is 5.91 Å². The van der Waals surface area contributed by atoms with Gasteiger partial charge in [-0.25, -0.2) is 4.79 Å². The molecule has 0 unspecified atom stereocenters. The molecule has 1 atom stereocenters. The van der Waals surface area contributed by atoms with Crippen LogP contribution in [0, 0.1) is 11.3 Å². The van der Waals surface area contributed by atoms with E-state index >= 15 is 0 Å². The summed E-state index contributed by atoms with van der Waals surface area (Å²) in [6, 6.07) is 2.19. The molecular weight excluding hydrogens is 338 g/mol. The summed E-state index contributed by atoms with van der Waals surface area (Å²) in [5, 5.41) is 14.5. The molecule has 2 amide bonds. The number of nitrogens with zero attached hydrogens (tertiary/aromatic N) is 1. The van der Waals surface area contributed by atoms with E-state index in [0.29, 0.717) is 12.8 Å². The zero-order valence-electron chi connectivity index (χ0n) is 16.0. The molecule has 1 fully saturated rings. The molecule has 0 bridgehead atoms. The van der Waals surface area contributed by atoms with E-state index < -0.39 is 35.2 Å². The maximum absolute atomic E-state index is 12.2. The fourth-order valence-electron chi connectivity index (χ4n) is 2.65. The molecule has 0 aromatic heterocycles. The Morgan fingerprint density at radius 1 is 1.19 bits per heavy atom. The molecule has 0 saturated heterocycles. The van der Waals surface area contributed by atoms with E-state index in [0.717, 1.165) is 19.3 Å². The first kappa shape index (κ1) is 21.7. The molecule has 0 heterocycles. The molecule has 0 aromatic rings. The number of amides is 2. The Morgan fingerprint density at radius 2 is 1.81 bits per heavy atom. The molecule has 26 heavy (non-hydrogen) atoms. The Hall–Kier alpha value is -2.30. The third-order valence-corrected chi connectivity index (χ3v) is 3.96. The molecule has 1 rings (SSSR count). The minimum Gasteiger partial charge on any atom is -0.452 e. The summed E-state index contributed by atoms with van der Waals surface area (Å²) in [5.74, 6) is -1.10. The number of hydrogen-bond acceptors (Lipinski definition) is 6. The van der Waals surface area contributed by atoms with Crippen LogP contribution >= 0.6 is 0 Å². The summed E-state index contributed by atoms with van der Waals surface area (Å²) >= 11 is 0. The number of carbonyl (C=O) groups excluding carboxylic acids is 3. The summed E-state index contributed by atoms with van der Waals surface area (Å²) in [4.78, 5) is 35.5. The van der Waals surface area contributed by atoms with Crippen LogP contribution in [0.4, 0.5) is 4.79 Å². The molecule has 0 radical (unpaired) electrons. The molecular formula is C18H29N3O5. The fraction of sp³-hybridized carbons (Fsp3) is 0.778. The van der Waals surface area contributed by atoms with Crippen LogP contribution in [0.25, 0.3) is 0 Å². The molecule has 8 heteroatoms. The van der Waals surface area contributed by atoms with Crippen molar-refractivity contribution in [3.63, 3.8) is 0 Å². The Bertz CT molecular complexity index is 556. The Kier molecular flexibility index (Phi) is 7.87. The molecule has 1 saturated carbocycles. The average molecular weight is 367 g/mol. The lowest BCUT2D eigenvalue weighted by atomic mass is 9.83. The number of nitriles is 1. The quantitative estimate of drug-likeness (QED) is 0.695. The van der Waals surface area contributed by atoms with Crippen LogP contribution in [-0.2, 0) is 19.1 Å². The van der Waals surface area contributed by atoms with Crippen molar-refractivity contribution in [2.24, 2.45) is 0 Å². The van der Waals surface area contributed by atoms with Crippen molar-refractivity contribution in [1.29, 1.82) is 5.26 Å². The maximum Gasteiger partial charge on any atom is 0.407 e. The molecule has 0 spiro atoms. The normalized spacial score (nSPS) is 17.3. The second kappa shape index (κ2) is 9.41. The number of carbonyl (C=O) groups is 3. The topological polar surface area (TPSA) is 118 Å². The van der Waals surface area contributed by atoms with Gasteiger partial charge in [-0.15, -0.1) is 0 Å². The molecule has 0 aliphatic heterocycles. The van der Waals surface area contributed by atoms with Crippen LogP contribution in [0.3, 0.4) is 0 Å². The maximum atomic E-state index is 12.2. The van der Waals surface area contributed by atoms with Gasteiger partial charge in [0.2, 0.25) is 0 Å². The number of nitrogens with one attached hydrogen (secondary N) is 2. The SMILES string of the molecule is C[C@H](OC(=O)CCNC(=O)OC(C)(C)C)C(=O)NC1(C#N)CCCCC1. The standard InChI is InChI=1S/C18H29N3O5/c1-13(15(23)21-18(12-19)9-6-5-7-10-18)25-14(22)8-11-20-16(24)26-17(2,3)4/h13H,5-11H2,1-4H3,(H,20,24)(H,21,23)/t13-/m0/s1. The first-order valence-corrected chi connectivity index (χ1v) is 8.96. The van der Waals surface area contributed by atoms with Crippen LogP contribution in [0.1, 0.15) is 66.2 Å². The van der Waals surface area contributed by atoms with Crippen molar-refractivity contribution in [3.8, 4) is 6.07 Å². The van der Waals surface area contributed by atoms with E-state index in [1.807, 2.05) is 0 Å². The van der Waals surface area contributed by atoms with Gasteiger partial charge in [0.15, 0.2) is 6.10 Å². The number of alkyl carbamates (subject to hydrolysis) is 1. The first-order chi connectivity index (χ1) is 12.1. The van der Waals surface area contributed by atoms with E-state index in [1.165, 1.54) is 6.92 Å². The summed E-state index contributed by atoms with van der Waals surface area (Å²) < 4.78 is 10.1. The predicted octanol–water partition coefficient (Wildman–Crippen LogP) is 2.18. The van der Waals surface area contributed by atoms with Crippen LogP contribution in [0.15, 0.2) is 0 Å². The van der Waals surface area contributed by atoms with Gasteiger partial charge in [-0.1, -0.05) is 19.3 Å². The molecule has 2 N–H and O–H groups in total. The number of ether oxygens (including phenoxy) is 2. The molecule has 146 valence electrons. The lowest BCUT2D eigenvalue weighted by molar-refractivity contribution is -0.155. The van der Waals surface area contributed by atoms with E-state index in [-0.39, 0.29) is 13.0 Å². The number of esters is 1. The average Bonchev–Trinajstić information content (AvgIpc) is 2.53. The van der Waals surface area contributed by atoms with Gasteiger partial charge in [-0.2, -0.15) is 5.26 Å². The molecule has 1 aliphatic carbocycles. The highest BCUT2D eigenvalue weighted by Gasteiger charge is 2.35. The fourth-order valence-corrected chi connectivity index (χ4v) is 2.65. The van der Waals surface area contributed by atoms with Crippen molar-refractivity contribution in [3.05, 3.63) is 0 Å². The van der Waals surface area contributed by atoms with Crippen molar-refractivity contribution >= 4 is 18.0 Å². The van der Waals surface area contributed by atoms with Crippen LogP contribution < -0.4 is 10.6 Å². The summed E-state index contributed by atoms with van der Waals surface area (Å²) in [6.45, 7) is 6.72. The van der Waals surface area contributed by atoms with Crippen molar-refractivity contribution < 1.29 is 23.9 Å². The minimum atomic E-state index is -1.00. The lowest BCUT2D eigenvalue weighted by Crippen LogP contribution is -2.52. The highest BCUT2D eigenvalue weighted by molar-refractivity contribution is 5.84. The zero-order chi connectivity index (χ0) is 19.8. The second-order valence-corrected chi connectivity index (χ2v) is 7.55. The third kappa shape index (κ3) is 7.72. The molecule has 1 aliphatic rings. The lowest BCUT2D eigenvalue weighted by Gasteiger charge is -2.32. The van der Waals surface area contributed by atoms with Gasteiger partial charge in [-0.3, -0.25) is 9.59 Å². The predicted molar refractivity (Wildman–Crippen MR) is 94.0 cm³/mol. The minimum absolute atomic E-state index is 0.0459. The van der Waals surface area contributed by atoms with Crippen LogP contribution in [0.5, 0.6) is 0 Å².